The van der Waals surface area contributed by atoms with Crippen molar-refractivity contribution >= 4 is 40.7 Å². The molecule has 0 unspecified atom stereocenters. The maximum absolute atomic E-state index is 12.6. The molecule has 1 saturated heterocycles. The van der Waals surface area contributed by atoms with Crippen LogP contribution in [-0.4, -0.2) is 30.8 Å². The Bertz CT molecular complexity index is 981. The number of anilines is 2. The Morgan fingerprint density at radius 2 is 2.04 bits per heavy atom. The molecule has 0 bridgehead atoms. The van der Waals surface area contributed by atoms with E-state index in [0.717, 1.165) is 6.42 Å². The number of benzene rings is 2. The van der Waals surface area contributed by atoms with Gasteiger partial charge in [0.15, 0.2) is 0 Å². The molecule has 0 saturated carbocycles. The molecule has 6 nitrogen and oxygen atoms in total. The second-order valence-corrected chi connectivity index (χ2v) is 6.70. The Morgan fingerprint density at radius 1 is 1.21 bits per heavy atom. The summed E-state index contributed by atoms with van der Waals surface area (Å²) in [5, 5.41) is 5.68. The van der Waals surface area contributed by atoms with Gasteiger partial charge in [0.2, 0.25) is 11.8 Å². The predicted octanol–water partition coefficient (Wildman–Crippen LogP) is 2.82. The van der Waals surface area contributed by atoms with Gasteiger partial charge in [0.25, 0.3) is 5.91 Å². The largest absolute Gasteiger partial charge is 0.343 e. The fraction of sp³-hybridized carbons (Fsp3) is 0.190. The van der Waals surface area contributed by atoms with Crippen LogP contribution in [0.2, 0.25) is 5.02 Å². The number of hydrogen-bond donors (Lipinski definition) is 2. The molecule has 1 fully saturated rings. The van der Waals surface area contributed by atoms with E-state index in [-0.39, 0.29) is 12.5 Å². The molecule has 2 aromatic rings. The maximum Gasteiger partial charge on any atom is 0.253 e. The Hall–Kier alpha value is -3.30. The topological polar surface area (TPSA) is 78.5 Å². The van der Waals surface area contributed by atoms with Gasteiger partial charge in [-0.3, -0.25) is 14.4 Å². The summed E-state index contributed by atoms with van der Waals surface area (Å²) in [6, 6.07) is 11.6. The molecule has 0 aromatic heterocycles. The van der Waals surface area contributed by atoms with Crippen molar-refractivity contribution in [3.63, 3.8) is 0 Å². The Kier molecular flexibility index (Phi) is 5.97. The summed E-state index contributed by atoms with van der Waals surface area (Å²) in [7, 11) is 0. The third-order valence-electron chi connectivity index (χ3n) is 4.29. The van der Waals surface area contributed by atoms with E-state index in [4.69, 9.17) is 18.0 Å². The van der Waals surface area contributed by atoms with Gasteiger partial charge in [-0.15, -0.1) is 6.42 Å². The van der Waals surface area contributed by atoms with E-state index in [2.05, 4.69) is 16.6 Å². The molecule has 1 aliphatic heterocycles. The molecule has 2 N–H and O–H groups in total. The van der Waals surface area contributed by atoms with Crippen molar-refractivity contribution in [2.45, 2.75) is 12.8 Å². The summed E-state index contributed by atoms with van der Waals surface area (Å²) in [4.78, 5) is 38.3. The van der Waals surface area contributed by atoms with Crippen molar-refractivity contribution in [1.82, 2.24) is 5.32 Å². The van der Waals surface area contributed by atoms with Crippen molar-refractivity contribution < 1.29 is 14.4 Å². The third-order valence-corrected chi connectivity index (χ3v) is 4.53. The minimum absolute atomic E-state index is 0.0533. The number of nitrogens with zero attached hydrogens (tertiary/aromatic N) is 1. The molecule has 1 aliphatic rings. The lowest BCUT2D eigenvalue weighted by Crippen LogP contribution is -2.34. The number of carbonyl (C=O) groups excluding carboxylic acids is 3. The van der Waals surface area contributed by atoms with E-state index >= 15 is 0 Å². The average Bonchev–Trinajstić information content (AvgIpc) is 3.12. The molecule has 1 heterocycles. The van der Waals surface area contributed by atoms with Crippen molar-refractivity contribution in [2.24, 2.45) is 0 Å². The van der Waals surface area contributed by atoms with Crippen LogP contribution in [0.1, 0.15) is 28.8 Å². The molecule has 3 rings (SSSR count). The number of terminal acetylenes is 1. The highest BCUT2D eigenvalue weighted by atomic mass is 35.5. The van der Waals surface area contributed by atoms with E-state index in [1.807, 2.05) is 0 Å². The lowest BCUT2D eigenvalue weighted by Gasteiger charge is -2.19. The quantitative estimate of drug-likeness (QED) is 0.764. The average molecular weight is 396 g/mol. The number of hydrogen-bond acceptors (Lipinski definition) is 3. The highest BCUT2D eigenvalue weighted by Gasteiger charge is 2.26. The van der Waals surface area contributed by atoms with Crippen molar-refractivity contribution in [3.05, 3.63) is 58.6 Å². The Labute approximate surface area is 167 Å². The van der Waals surface area contributed by atoms with Crippen LogP contribution in [0.3, 0.4) is 0 Å². The minimum atomic E-state index is -0.459. The van der Waals surface area contributed by atoms with Crippen molar-refractivity contribution in [1.29, 1.82) is 0 Å². The first-order valence-corrected chi connectivity index (χ1v) is 9.10. The van der Waals surface area contributed by atoms with Gasteiger partial charge < -0.3 is 15.5 Å². The van der Waals surface area contributed by atoms with Gasteiger partial charge in [0.05, 0.1) is 17.8 Å². The molecular formula is C21H18ClN3O3. The fourth-order valence-electron chi connectivity index (χ4n) is 2.97. The minimum Gasteiger partial charge on any atom is -0.343 e. The molecule has 142 valence electrons. The predicted molar refractivity (Wildman–Crippen MR) is 108 cm³/mol. The molecule has 7 heteroatoms. The van der Waals surface area contributed by atoms with Gasteiger partial charge >= 0.3 is 0 Å². The number of nitrogens with one attached hydrogen (secondary N) is 2. The first-order valence-electron chi connectivity index (χ1n) is 8.72. The van der Waals surface area contributed by atoms with E-state index in [1.54, 1.807) is 47.4 Å². The molecule has 0 radical (unpaired) electrons. The van der Waals surface area contributed by atoms with Crippen LogP contribution < -0.4 is 15.5 Å². The van der Waals surface area contributed by atoms with Crippen molar-refractivity contribution in [2.75, 3.05) is 23.3 Å². The highest BCUT2D eigenvalue weighted by Crippen LogP contribution is 2.28. The van der Waals surface area contributed by atoms with Gasteiger partial charge in [-0.2, -0.15) is 0 Å². The molecule has 0 atom stereocenters. The smallest absolute Gasteiger partial charge is 0.253 e. The SMILES string of the molecule is C#Cc1cccc(NC(=O)CNC(=O)c2ccc(Cl)cc2N2CCCC2=O)c1. The molecule has 2 aromatic carbocycles. The van der Waals surface area contributed by atoms with E-state index < -0.39 is 11.8 Å². The van der Waals surface area contributed by atoms with Gasteiger partial charge in [0.1, 0.15) is 0 Å². The summed E-state index contributed by atoms with van der Waals surface area (Å²) in [5.41, 5.74) is 1.93. The number of carbonyl (C=O) groups is 3. The van der Waals surface area contributed by atoms with Crippen LogP contribution >= 0.6 is 11.6 Å². The maximum atomic E-state index is 12.6. The number of amides is 3. The normalized spacial score (nSPS) is 13.1. The van der Waals surface area contributed by atoms with E-state index in [9.17, 15) is 14.4 Å². The summed E-state index contributed by atoms with van der Waals surface area (Å²) in [6.07, 6.45) is 6.51. The summed E-state index contributed by atoms with van der Waals surface area (Å²) in [5.74, 6) is 1.58. The van der Waals surface area contributed by atoms with Crippen LogP contribution in [0.5, 0.6) is 0 Å². The monoisotopic (exact) mass is 395 g/mol. The van der Waals surface area contributed by atoms with Crippen LogP contribution in [0, 0.1) is 12.3 Å². The van der Waals surface area contributed by atoms with Crippen LogP contribution in [0.15, 0.2) is 42.5 Å². The first kappa shape index (κ1) is 19.5. The zero-order chi connectivity index (χ0) is 20.1. The second kappa shape index (κ2) is 8.59. The molecular weight excluding hydrogens is 378 g/mol. The Balaban J connectivity index is 1.67. The molecule has 0 aliphatic carbocycles. The zero-order valence-electron chi connectivity index (χ0n) is 15.0. The summed E-state index contributed by atoms with van der Waals surface area (Å²) < 4.78 is 0. The zero-order valence-corrected chi connectivity index (χ0v) is 15.8. The summed E-state index contributed by atoms with van der Waals surface area (Å²) >= 11 is 6.04. The van der Waals surface area contributed by atoms with Gasteiger partial charge in [-0.1, -0.05) is 23.6 Å². The standard InChI is InChI=1S/C21H18ClN3O3/c1-2-14-5-3-6-16(11-14)24-19(26)13-23-21(28)17-9-8-15(22)12-18(17)25-10-4-7-20(25)27/h1,3,5-6,8-9,11-12H,4,7,10,13H2,(H,23,28)(H,24,26). The van der Waals surface area contributed by atoms with Gasteiger partial charge in [0, 0.05) is 29.2 Å². The third kappa shape index (κ3) is 4.51. The van der Waals surface area contributed by atoms with E-state index in [0.29, 0.717) is 40.5 Å². The molecule has 3 amide bonds. The van der Waals surface area contributed by atoms with Crippen LogP contribution in [-0.2, 0) is 9.59 Å². The highest BCUT2D eigenvalue weighted by molar-refractivity contribution is 6.31. The molecule has 0 spiro atoms. The number of halogens is 1. The fourth-order valence-corrected chi connectivity index (χ4v) is 3.14. The first-order chi connectivity index (χ1) is 13.5. The lowest BCUT2D eigenvalue weighted by atomic mass is 10.1. The van der Waals surface area contributed by atoms with Crippen LogP contribution in [0.4, 0.5) is 11.4 Å². The molecule has 28 heavy (non-hydrogen) atoms. The van der Waals surface area contributed by atoms with Crippen LogP contribution in [0.25, 0.3) is 0 Å². The van der Waals surface area contributed by atoms with Gasteiger partial charge in [-0.05, 0) is 42.8 Å². The van der Waals surface area contributed by atoms with E-state index in [1.165, 1.54) is 0 Å². The number of rotatable bonds is 5. The lowest BCUT2D eigenvalue weighted by molar-refractivity contribution is -0.117. The van der Waals surface area contributed by atoms with Gasteiger partial charge in [-0.25, -0.2) is 0 Å². The summed E-state index contributed by atoms with van der Waals surface area (Å²) in [6.45, 7) is 0.306. The Morgan fingerprint density at radius 3 is 2.75 bits per heavy atom. The second-order valence-electron chi connectivity index (χ2n) is 6.27. The van der Waals surface area contributed by atoms with Crippen molar-refractivity contribution in [3.8, 4) is 12.3 Å².